The van der Waals surface area contributed by atoms with Gasteiger partial charge in [0.15, 0.2) is 0 Å². The molecule has 2 amide bonds. The van der Waals surface area contributed by atoms with Gasteiger partial charge in [-0.1, -0.05) is 54.6 Å². The maximum absolute atomic E-state index is 12.5. The Labute approximate surface area is 153 Å². The summed E-state index contributed by atoms with van der Waals surface area (Å²) in [6, 6.07) is 21.7. The molecule has 4 heteroatoms. The topological polar surface area (TPSA) is 49.4 Å². The smallest absolute Gasteiger partial charge is 0.228 e. The van der Waals surface area contributed by atoms with Crippen LogP contribution < -0.4 is 5.32 Å². The van der Waals surface area contributed by atoms with E-state index in [2.05, 4.69) is 5.32 Å². The van der Waals surface area contributed by atoms with E-state index in [1.54, 1.807) is 11.9 Å². The first-order valence-electron chi connectivity index (χ1n) is 8.60. The number of fused-ring (bicyclic) bond motifs is 1. The van der Waals surface area contributed by atoms with Crippen LogP contribution in [-0.4, -0.2) is 23.8 Å². The summed E-state index contributed by atoms with van der Waals surface area (Å²) in [7, 11) is 1.76. The molecule has 1 N–H and O–H groups in total. The highest BCUT2D eigenvalue weighted by Crippen LogP contribution is 2.20. The van der Waals surface area contributed by atoms with Crippen LogP contribution in [0.25, 0.3) is 10.8 Å². The third kappa shape index (κ3) is 4.28. The summed E-state index contributed by atoms with van der Waals surface area (Å²) in [6.07, 6.45) is 0.318. The number of nitrogens with one attached hydrogen (secondary N) is 1. The van der Waals surface area contributed by atoms with Gasteiger partial charge in [0.05, 0.1) is 6.42 Å². The molecule has 0 saturated carbocycles. The SMILES string of the molecule is CC(=O)N(C)Cc1cccc(NC(=O)Cc2cccc3ccccc23)c1. The van der Waals surface area contributed by atoms with Gasteiger partial charge in [-0.2, -0.15) is 0 Å². The fourth-order valence-corrected chi connectivity index (χ4v) is 2.96. The summed E-state index contributed by atoms with van der Waals surface area (Å²) < 4.78 is 0. The molecule has 0 spiro atoms. The van der Waals surface area contributed by atoms with Crippen molar-refractivity contribution in [2.75, 3.05) is 12.4 Å². The summed E-state index contributed by atoms with van der Waals surface area (Å²) >= 11 is 0. The summed E-state index contributed by atoms with van der Waals surface area (Å²) in [4.78, 5) is 25.5. The number of amides is 2. The monoisotopic (exact) mass is 346 g/mol. The summed E-state index contributed by atoms with van der Waals surface area (Å²) in [5.74, 6) is -0.0474. The Bertz CT molecular complexity index is 944. The molecule has 0 unspecified atom stereocenters. The Morgan fingerprint density at radius 2 is 1.69 bits per heavy atom. The zero-order chi connectivity index (χ0) is 18.5. The molecule has 0 aromatic heterocycles. The van der Waals surface area contributed by atoms with Gasteiger partial charge in [-0.05, 0) is 34.0 Å². The van der Waals surface area contributed by atoms with Crippen molar-refractivity contribution in [1.82, 2.24) is 4.90 Å². The molecule has 0 radical (unpaired) electrons. The number of carbonyl (C=O) groups excluding carboxylic acids is 2. The quantitative estimate of drug-likeness (QED) is 0.759. The molecule has 0 heterocycles. The molecule has 3 rings (SSSR count). The molecule has 0 aliphatic rings. The van der Waals surface area contributed by atoms with E-state index in [1.807, 2.05) is 66.7 Å². The Morgan fingerprint density at radius 1 is 0.962 bits per heavy atom. The van der Waals surface area contributed by atoms with E-state index in [9.17, 15) is 9.59 Å². The van der Waals surface area contributed by atoms with Crippen LogP contribution in [0.1, 0.15) is 18.1 Å². The molecule has 4 nitrogen and oxygen atoms in total. The van der Waals surface area contributed by atoms with Gasteiger partial charge in [-0.15, -0.1) is 0 Å². The lowest BCUT2D eigenvalue weighted by Gasteiger charge is -2.15. The van der Waals surface area contributed by atoms with Crippen molar-refractivity contribution in [3.63, 3.8) is 0 Å². The second-order valence-corrected chi connectivity index (χ2v) is 6.44. The fraction of sp³-hybridized carbons (Fsp3) is 0.182. The van der Waals surface area contributed by atoms with E-state index in [-0.39, 0.29) is 11.8 Å². The van der Waals surface area contributed by atoms with Gasteiger partial charge in [-0.25, -0.2) is 0 Å². The van der Waals surface area contributed by atoms with Gasteiger partial charge in [0.2, 0.25) is 11.8 Å². The second-order valence-electron chi connectivity index (χ2n) is 6.44. The van der Waals surface area contributed by atoms with Crippen LogP contribution in [0.2, 0.25) is 0 Å². The molecule has 3 aromatic rings. The van der Waals surface area contributed by atoms with Crippen molar-refractivity contribution in [3.8, 4) is 0 Å². The number of benzene rings is 3. The minimum Gasteiger partial charge on any atom is -0.342 e. The first kappa shape index (κ1) is 17.7. The fourth-order valence-electron chi connectivity index (χ4n) is 2.96. The first-order chi connectivity index (χ1) is 12.5. The number of anilines is 1. The van der Waals surface area contributed by atoms with Gasteiger partial charge < -0.3 is 10.2 Å². The largest absolute Gasteiger partial charge is 0.342 e. The lowest BCUT2D eigenvalue weighted by molar-refractivity contribution is -0.128. The van der Waals surface area contributed by atoms with Crippen molar-refractivity contribution in [2.45, 2.75) is 19.9 Å². The van der Waals surface area contributed by atoms with Crippen LogP contribution in [0, 0.1) is 0 Å². The van der Waals surface area contributed by atoms with Crippen molar-refractivity contribution in [3.05, 3.63) is 77.9 Å². The average Bonchev–Trinajstić information content (AvgIpc) is 2.62. The Morgan fingerprint density at radius 3 is 2.50 bits per heavy atom. The summed E-state index contributed by atoms with van der Waals surface area (Å²) in [5.41, 5.74) is 2.73. The van der Waals surface area contributed by atoms with Crippen LogP contribution in [0.4, 0.5) is 5.69 Å². The number of hydrogen-bond acceptors (Lipinski definition) is 2. The van der Waals surface area contributed by atoms with Gasteiger partial charge in [0, 0.05) is 26.2 Å². The molecule has 3 aromatic carbocycles. The molecule has 132 valence electrons. The predicted molar refractivity (Wildman–Crippen MR) is 105 cm³/mol. The number of carbonyl (C=O) groups is 2. The minimum atomic E-state index is -0.0570. The Balaban J connectivity index is 1.71. The lowest BCUT2D eigenvalue weighted by Crippen LogP contribution is -2.23. The number of rotatable bonds is 5. The van der Waals surface area contributed by atoms with Gasteiger partial charge in [0.1, 0.15) is 0 Å². The van der Waals surface area contributed by atoms with Crippen LogP contribution in [0.5, 0.6) is 0 Å². The zero-order valence-electron chi connectivity index (χ0n) is 15.0. The lowest BCUT2D eigenvalue weighted by atomic mass is 10.0. The van der Waals surface area contributed by atoms with Gasteiger partial charge >= 0.3 is 0 Å². The van der Waals surface area contributed by atoms with E-state index in [4.69, 9.17) is 0 Å². The molecular weight excluding hydrogens is 324 g/mol. The highest BCUT2D eigenvalue weighted by atomic mass is 16.2. The van der Waals surface area contributed by atoms with E-state index < -0.39 is 0 Å². The molecule has 0 atom stereocenters. The summed E-state index contributed by atoms with van der Waals surface area (Å²) in [5, 5.41) is 5.19. The third-order valence-electron chi connectivity index (χ3n) is 4.40. The Hall–Kier alpha value is -3.14. The van der Waals surface area contributed by atoms with Gasteiger partial charge in [-0.3, -0.25) is 9.59 Å². The standard InChI is InChI=1S/C22H22N2O2/c1-16(25)24(2)15-17-7-5-11-20(13-17)23-22(26)14-19-10-6-9-18-8-3-4-12-21(18)19/h3-13H,14-15H2,1-2H3,(H,23,26). The minimum absolute atomic E-state index is 0.00962. The number of hydrogen-bond donors (Lipinski definition) is 1. The molecule has 0 aliphatic carbocycles. The maximum atomic E-state index is 12.5. The van der Waals surface area contributed by atoms with Crippen molar-refractivity contribution < 1.29 is 9.59 Å². The van der Waals surface area contributed by atoms with Crippen LogP contribution in [0.3, 0.4) is 0 Å². The van der Waals surface area contributed by atoms with Crippen molar-refractivity contribution >= 4 is 28.3 Å². The molecule has 0 aliphatic heterocycles. The normalized spacial score (nSPS) is 10.5. The van der Waals surface area contributed by atoms with E-state index >= 15 is 0 Å². The van der Waals surface area contributed by atoms with Crippen LogP contribution >= 0.6 is 0 Å². The van der Waals surface area contributed by atoms with Gasteiger partial charge in [0.25, 0.3) is 0 Å². The highest BCUT2D eigenvalue weighted by Gasteiger charge is 2.09. The van der Waals surface area contributed by atoms with Crippen molar-refractivity contribution in [1.29, 1.82) is 0 Å². The molecule has 0 bridgehead atoms. The predicted octanol–water partition coefficient (Wildman–Crippen LogP) is 4.00. The summed E-state index contributed by atoms with van der Waals surface area (Å²) in [6.45, 7) is 2.05. The van der Waals surface area contributed by atoms with E-state index in [0.717, 1.165) is 27.6 Å². The average molecular weight is 346 g/mol. The third-order valence-corrected chi connectivity index (χ3v) is 4.40. The van der Waals surface area contributed by atoms with E-state index in [0.29, 0.717) is 13.0 Å². The van der Waals surface area contributed by atoms with E-state index in [1.165, 1.54) is 6.92 Å². The molecule has 0 saturated heterocycles. The maximum Gasteiger partial charge on any atom is 0.228 e. The Kier molecular flexibility index (Phi) is 5.32. The zero-order valence-corrected chi connectivity index (χ0v) is 15.0. The molecule has 26 heavy (non-hydrogen) atoms. The second kappa shape index (κ2) is 7.83. The number of nitrogens with zero attached hydrogens (tertiary/aromatic N) is 1. The van der Waals surface area contributed by atoms with Crippen LogP contribution in [0.15, 0.2) is 66.7 Å². The van der Waals surface area contributed by atoms with Crippen LogP contribution in [-0.2, 0) is 22.6 Å². The first-order valence-corrected chi connectivity index (χ1v) is 8.60. The molecular formula is C22H22N2O2. The highest BCUT2D eigenvalue weighted by molar-refractivity contribution is 5.96. The van der Waals surface area contributed by atoms with Crippen molar-refractivity contribution in [2.24, 2.45) is 0 Å². The molecule has 0 fully saturated rings.